The van der Waals surface area contributed by atoms with Crippen molar-refractivity contribution in [1.29, 1.82) is 0 Å². The molecule has 0 aromatic heterocycles. The number of ether oxygens (including phenoxy) is 1. The van der Waals surface area contributed by atoms with Gasteiger partial charge in [-0.25, -0.2) is 9.79 Å². The molecule has 1 aromatic rings. The third-order valence-corrected chi connectivity index (χ3v) is 4.36. The largest absolute Gasteiger partial charge is 0.461 e. The van der Waals surface area contributed by atoms with Gasteiger partial charge in [0.1, 0.15) is 0 Å². The lowest BCUT2D eigenvalue weighted by atomic mass is 10.1. The first-order valence-corrected chi connectivity index (χ1v) is 8.75. The molecule has 2 heterocycles. The third kappa shape index (κ3) is 3.75. The van der Waals surface area contributed by atoms with E-state index in [0.717, 1.165) is 42.9 Å². The summed E-state index contributed by atoms with van der Waals surface area (Å²) < 4.78 is 5.30. The van der Waals surface area contributed by atoms with Gasteiger partial charge in [0.25, 0.3) is 0 Å². The van der Waals surface area contributed by atoms with Crippen LogP contribution < -0.4 is 0 Å². The van der Waals surface area contributed by atoms with E-state index in [4.69, 9.17) is 9.73 Å². The van der Waals surface area contributed by atoms with Gasteiger partial charge in [-0.15, -0.1) is 0 Å². The molecular weight excluding hydrogens is 300 g/mol. The molecule has 4 heteroatoms. The molecular formula is C20H24N2O2. The molecule has 0 atom stereocenters. The highest BCUT2D eigenvalue weighted by atomic mass is 16.5. The van der Waals surface area contributed by atoms with Crippen LogP contribution in [0.2, 0.25) is 0 Å². The van der Waals surface area contributed by atoms with Crippen LogP contribution >= 0.6 is 0 Å². The van der Waals surface area contributed by atoms with Gasteiger partial charge in [-0.2, -0.15) is 0 Å². The number of likely N-dealkylation sites (tertiary alicyclic amines) is 1. The van der Waals surface area contributed by atoms with E-state index in [1.54, 1.807) is 0 Å². The first-order valence-electron chi connectivity index (χ1n) is 8.75. The molecule has 0 saturated carbocycles. The number of allylic oxidation sites excluding steroid dienone is 3. The summed E-state index contributed by atoms with van der Waals surface area (Å²) in [5, 5.41) is 0. The lowest BCUT2D eigenvalue weighted by molar-refractivity contribution is -0.138. The van der Waals surface area contributed by atoms with Crippen LogP contribution in [0.3, 0.4) is 0 Å². The van der Waals surface area contributed by atoms with Crippen LogP contribution in [0, 0.1) is 0 Å². The number of nitrogens with zero attached hydrogens (tertiary/aromatic N) is 2. The Morgan fingerprint density at radius 3 is 2.67 bits per heavy atom. The number of aliphatic imine (C=N–C) groups is 1. The lowest BCUT2D eigenvalue weighted by Gasteiger charge is -2.24. The van der Waals surface area contributed by atoms with E-state index in [0.29, 0.717) is 12.3 Å². The number of hydrogen-bond acceptors (Lipinski definition) is 4. The van der Waals surface area contributed by atoms with Gasteiger partial charge >= 0.3 is 5.97 Å². The van der Waals surface area contributed by atoms with Gasteiger partial charge in [-0.3, -0.25) is 0 Å². The van der Waals surface area contributed by atoms with E-state index in [-0.39, 0.29) is 5.97 Å². The maximum atomic E-state index is 12.6. The Hall–Kier alpha value is -2.36. The summed E-state index contributed by atoms with van der Waals surface area (Å²) in [6.07, 6.45) is 8.23. The maximum Gasteiger partial charge on any atom is 0.358 e. The number of rotatable bonds is 4. The Labute approximate surface area is 143 Å². The number of hydrogen-bond donors (Lipinski definition) is 0. The molecule has 0 radical (unpaired) electrons. The summed E-state index contributed by atoms with van der Waals surface area (Å²) in [7, 11) is 0. The predicted octanol–water partition coefficient (Wildman–Crippen LogP) is 3.70. The molecule has 4 nitrogen and oxygen atoms in total. The molecule has 0 amide bonds. The van der Waals surface area contributed by atoms with Gasteiger partial charge in [-0.1, -0.05) is 36.4 Å². The fourth-order valence-electron chi connectivity index (χ4n) is 3.18. The second-order valence-corrected chi connectivity index (χ2v) is 6.01. The first-order chi connectivity index (χ1) is 11.8. The van der Waals surface area contributed by atoms with Gasteiger partial charge in [0.15, 0.2) is 5.70 Å². The highest BCUT2D eigenvalue weighted by molar-refractivity contribution is 6.11. The summed E-state index contributed by atoms with van der Waals surface area (Å²) >= 11 is 0. The number of esters is 1. The highest BCUT2D eigenvalue weighted by Crippen LogP contribution is 2.26. The summed E-state index contributed by atoms with van der Waals surface area (Å²) in [5.74, 6) is -0.317. The van der Waals surface area contributed by atoms with Crippen LogP contribution in [0.4, 0.5) is 0 Å². The Balaban J connectivity index is 2.06. The van der Waals surface area contributed by atoms with Gasteiger partial charge in [-0.05, 0) is 38.7 Å². The van der Waals surface area contributed by atoms with Crippen molar-refractivity contribution in [1.82, 2.24) is 4.90 Å². The van der Waals surface area contributed by atoms with Gasteiger partial charge in [0.2, 0.25) is 0 Å². The normalized spacial score (nSPS) is 24.7. The van der Waals surface area contributed by atoms with Crippen molar-refractivity contribution in [3.8, 4) is 0 Å². The summed E-state index contributed by atoms with van der Waals surface area (Å²) in [4.78, 5) is 19.6. The van der Waals surface area contributed by atoms with Crippen LogP contribution in [0.15, 0.2) is 58.9 Å². The molecule has 1 fully saturated rings. The molecule has 3 rings (SSSR count). The average molecular weight is 324 g/mol. The van der Waals surface area contributed by atoms with Crippen molar-refractivity contribution < 1.29 is 9.53 Å². The average Bonchev–Trinajstić information content (AvgIpc) is 3.10. The van der Waals surface area contributed by atoms with E-state index in [1.807, 2.05) is 43.3 Å². The predicted molar refractivity (Wildman–Crippen MR) is 95.8 cm³/mol. The van der Waals surface area contributed by atoms with Crippen LogP contribution in [-0.2, 0) is 9.53 Å². The fourth-order valence-corrected chi connectivity index (χ4v) is 3.18. The van der Waals surface area contributed by atoms with Crippen molar-refractivity contribution in [2.24, 2.45) is 4.99 Å². The van der Waals surface area contributed by atoms with E-state index in [2.05, 4.69) is 11.0 Å². The topological polar surface area (TPSA) is 41.9 Å². The Morgan fingerprint density at radius 2 is 1.96 bits per heavy atom. The van der Waals surface area contributed by atoms with Crippen LogP contribution in [0.1, 0.15) is 38.2 Å². The van der Waals surface area contributed by atoms with Crippen LogP contribution in [0.5, 0.6) is 0 Å². The van der Waals surface area contributed by atoms with Crippen LogP contribution in [0.25, 0.3) is 0 Å². The number of benzene rings is 1. The summed E-state index contributed by atoms with van der Waals surface area (Å²) in [5.41, 5.74) is 3.33. The second kappa shape index (κ2) is 7.95. The van der Waals surface area contributed by atoms with E-state index in [9.17, 15) is 4.79 Å². The van der Waals surface area contributed by atoms with E-state index < -0.39 is 0 Å². The minimum absolute atomic E-state index is 0.317. The van der Waals surface area contributed by atoms with Gasteiger partial charge in [0.05, 0.1) is 12.3 Å². The number of carbonyl (C=O) groups excluding carboxylic acids is 1. The zero-order valence-electron chi connectivity index (χ0n) is 14.2. The molecule has 2 aliphatic rings. The molecule has 1 aromatic carbocycles. The minimum Gasteiger partial charge on any atom is -0.461 e. The molecule has 0 N–H and O–H groups in total. The SMILES string of the molecule is CCOC(=O)C1=C(/N2CCCC2)CC\C=C/C(c2ccccc2)=N/1. The monoisotopic (exact) mass is 324 g/mol. The molecule has 2 aliphatic heterocycles. The smallest absolute Gasteiger partial charge is 0.358 e. The van der Waals surface area contributed by atoms with Crippen molar-refractivity contribution in [2.75, 3.05) is 19.7 Å². The summed E-state index contributed by atoms with van der Waals surface area (Å²) in [6.45, 7) is 4.19. The van der Waals surface area contributed by atoms with Crippen LogP contribution in [-0.4, -0.2) is 36.3 Å². The van der Waals surface area contributed by atoms with Crippen molar-refractivity contribution in [3.63, 3.8) is 0 Å². The minimum atomic E-state index is -0.317. The molecule has 0 unspecified atom stereocenters. The molecule has 24 heavy (non-hydrogen) atoms. The molecule has 126 valence electrons. The second-order valence-electron chi connectivity index (χ2n) is 6.01. The lowest BCUT2D eigenvalue weighted by Crippen LogP contribution is -2.24. The standard InChI is InChI=1S/C20H24N2O2/c1-2-24-20(23)19-18(22-14-8-9-15-22)13-7-6-12-17(21-19)16-10-4-3-5-11-16/h3-6,10-12H,2,7-9,13-15H2,1H3/b12-6-,19-18+,21-17-. The summed E-state index contributed by atoms with van der Waals surface area (Å²) in [6, 6.07) is 9.99. The molecule has 0 bridgehead atoms. The van der Waals surface area contributed by atoms with Crippen molar-refractivity contribution >= 4 is 11.7 Å². The molecule has 0 aliphatic carbocycles. The first kappa shape index (κ1) is 16.5. The van der Waals surface area contributed by atoms with E-state index in [1.165, 1.54) is 12.8 Å². The highest BCUT2D eigenvalue weighted by Gasteiger charge is 2.24. The van der Waals surface area contributed by atoms with Gasteiger partial charge < -0.3 is 9.64 Å². The Bertz CT molecular complexity index is 668. The third-order valence-electron chi connectivity index (χ3n) is 4.36. The molecule has 1 saturated heterocycles. The quantitative estimate of drug-likeness (QED) is 0.793. The Kier molecular flexibility index (Phi) is 5.47. The van der Waals surface area contributed by atoms with E-state index >= 15 is 0 Å². The zero-order chi connectivity index (χ0) is 16.8. The van der Waals surface area contributed by atoms with Crippen molar-refractivity contribution in [2.45, 2.75) is 32.6 Å². The fraction of sp³-hybridized carbons (Fsp3) is 0.400. The van der Waals surface area contributed by atoms with Gasteiger partial charge in [0, 0.05) is 24.4 Å². The maximum absolute atomic E-state index is 12.6. The molecule has 0 spiro atoms. The number of carbonyl (C=O) groups is 1. The van der Waals surface area contributed by atoms with Crippen molar-refractivity contribution in [3.05, 3.63) is 59.4 Å². The zero-order valence-corrected chi connectivity index (χ0v) is 14.2. The Morgan fingerprint density at radius 1 is 1.21 bits per heavy atom.